The topological polar surface area (TPSA) is 57.3 Å². The van der Waals surface area contributed by atoms with Gasteiger partial charge in [-0.05, 0) is 49.4 Å². The number of carbonyl (C=O) groups excluding carboxylic acids is 1. The molecule has 0 atom stereocenters. The second-order valence-corrected chi connectivity index (χ2v) is 7.27. The third kappa shape index (κ3) is 6.27. The van der Waals surface area contributed by atoms with Crippen molar-refractivity contribution in [2.24, 2.45) is 0 Å². The number of pyridine rings is 1. The molecular weight excluding hydrogens is 336 g/mol. The molecule has 5 heteroatoms. The summed E-state index contributed by atoms with van der Waals surface area (Å²) in [7, 11) is 0. The predicted molar refractivity (Wildman–Crippen MR) is 110 cm³/mol. The molecule has 144 valence electrons. The Labute approximate surface area is 162 Å². The van der Waals surface area contributed by atoms with Crippen LogP contribution in [0.25, 0.3) is 0 Å². The van der Waals surface area contributed by atoms with Crippen LogP contribution in [-0.2, 0) is 13.0 Å². The lowest BCUT2D eigenvalue weighted by molar-refractivity contribution is 0.240. The van der Waals surface area contributed by atoms with Gasteiger partial charge in [-0.25, -0.2) is 9.78 Å². The number of benzene rings is 1. The number of urea groups is 1. The molecule has 1 fully saturated rings. The highest BCUT2D eigenvalue weighted by Gasteiger charge is 2.11. The van der Waals surface area contributed by atoms with E-state index in [1.807, 2.05) is 12.3 Å². The van der Waals surface area contributed by atoms with Gasteiger partial charge in [0, 0.05) is 32.4 Å². The monoisotopic (exact) mass is 366 g/mol. The quantitative estimate of drug-likeness (QED) is 0.817. The minimum Gasteiger partial charge on any atom is -0.357 e. The minimum absolute atomic E-state index is 0.129. The number of hydrogen-bond acceptors (Lipinski definition) is 3. The zero-order valence-electron chi connectivity index (χ0n) is 16.2. The van der Waals surface area contributed by atoms with Crippen LogP contribution in [-0.4, -0.2) is 30.6 Å². The standard InChI is InChI=1S/C22H30N4O/c1-18-6-8-19(9-7-18)10-13-24-22(27)25-17-20-11-12-23-21(16-20)26-14-4-2-3-5-15-26/h6-9,11-12,16H,2-5,10,13-15,17H2,1H3,(H2,24,25,27). The van der Waals surface area contributed by atoms with E-state index in [1.54, 1.807) is 0 Å². The van der Waals surface area contributed by atoms with Gasteiger partial charge in [-0.1, -0.05) is 42.7 Å². The fourth-order valence-corrected chi connectivity index (χ4v) is 3.36. The van der Waals surface area contributed by atoms with E-state index in [4.69, 9.17) is 0 Å². The van der Waals surface area contributed by atoms with E-state index in [1.165, 1.54) is 36.8 Å². The lowest BCUT2D eigenvalue weighted by atomic mass is 10.1. The van der Waals surface area contributed by atoms with E-state index in [0.29, 0.717) is 13.1 Å². The van der Waals surface area contributed by atoms with Crippen molar-refractivity contribution in [3.63, 3.8) is 0 Å². The number of hydrogen-bond donors (Lipinski definition) is 2. The van der Waals surface area contributed by atoms with Crippen LogP contribution < -0.4 is 15.5 Å². The Morgan fingerprint density at radius 3 is 2.48 bits per heavy atom. The van der Waals surface area contributed by atoms with Crippen molar-refractivity contribution >= 4 is 11.8 Å². The Kier molecular flexibility index (Phi) is 7.08. The molecule has 1 aliphatic heterocycles. The molecule has 1 saturated heterocycles. The zero-order chi connectivity index (χ0) is 18.9. The molecule has 0 radical (unpaired) electrons. The van der Waals surface area contributed by atoms with Crippen molar-refractivity contribution in [3.8, 4) is 0 Å². The van der Waals surface area contributed by atoms with Crippen LogP contribution in [0.15, 0.2) is 42.6 Å². The normalized spacial score (nSPS) is 14.5. The molecular formula is C22H30N4O. The van der Waals surface area contributed by atoms with Gasteiger partial charge in [0.1, 0.15) is 5.82 Å². The van der Waals surface area contributed by atoms with Gasteiger partial charge in [-0.15, -0.1) is 0 Å². The highest BCUT2D eigenvalue weighted by Crippen LogP contribution is 2.18. The molecule has 2 N–H and O–H groups in total. The third-order valence-corrected chi connectivity index (χ3v) is 5.01. The summed E-state index contributed by atoms with van der Waals surface area (Å²) in [5.41, 5.74) is 3.57. The van der Waals surface area contributed by atoms with Crippen LogP contribution in [0, 0.1) is 6.92 Å². The molecule has 2 heterocycles. The summed E-state index contributed by atoms with van der Waals surface area (Å²) in [5, 5.41) is 5.87. The second-order valence-electron chi connectivity index (χ2n) is 7.27. The first-order valence-electron chi connectivity index (χ1n) is 9.98. The first kappa shape index (κ1) is 19.2. The Morgan fingerprint density at radius 1 is 1.00 bits per heavy atom. The van der Waals surface area contributed by atoms with Gasteiger partial charge in [0.15, 0.2) is 0 Å². The average molecular weight is 367 g/mol. The van der Waals surface area contributed by atoms with Crippen molar-refractivity contribution in [2.75, 3.05) is 24.5 Å². The van der Waals surface area contributed by atoms with Gasteiger partial charge >= 0.3 is 6.03 Å². The molecule has 27 heavy (non-hydrogen) atoms. The van der Waals surface area contributed by atoms with Gasteiger partial charge < -0.3 is 15.5 Å². The molecule has 0 saturated carbocycles. The molecule has 3 rings (SSSR count). The maximum absolute atomic E-state index is 12.0. The molecule has 0 bridgehead atoms. The van der Waals surface area contributed by atoms with E-state index in [0.717, 1.165) is 30.9 Å². The molecule has 5 nitrogen and oxygen atoms in total. The maximum atomic E-state index is 12.0. The number of nitrogens with one attached hydrogen (secondary N) is 2. The number of aromatic nitrogens is 1. The summed E-state index contributed by atoms with van der Waals surface area (Å²) < 4.78 is 0. The number of anilines is 1. The Bertz CT molecular complexity index is 721. The van der Waals surface area contributed by atoms with Gasteiger partial charge in [-0.2, -0.15) is 0 Å². The first-order chi connectivity index (χ1) is 13.2. The van der Waals surface area contributed by atoms with Crippen LogP contribution in [0.1, 0.15) is 42.4 Å². The molecule has 2 amide bonds. The smallest absolute Gasteiger partial charge is 0.315 e. The summed E-state index contributed by atoms with van der Waals surface area (Å²) in [4.78, 5) is 18.9. The van der Waals surface area contributed by atoms with Crippen molar-refractivity contribution < 1.29 is 4.79 Å². The third-order valence-electron chi connectivity index (χ3n) is 5.01. The highest BCUT2D eigenvalue weighted by molar-refractivity contribution is 5.73. The number of carbonyl (C=O) groups is 1. The summed E-state index contributed by atoms with van der Waals surface area (Å²) in [6, 6.07) is 12.3. The maximum Gasteiger partial charge on any atom is 0.315 e. The molecule has 1 aromatic heterocycles. The number of nitrogens with zero attached hydrogens (tertiary/aromatic N) is 2. The fraction of sp³-hybridized carbons (Fsp3) is 0.455. The van der Waals surface area contributed by atoms with Crippen molar-refractivity contribution in [2.45, 2.75) is 45.6 Å². The Morgan fingerprint density at radius 2 is 1.74 bits per heavy atom. The lowest BCUT2D eigenvalue weighted by Gasteiger charge is -2.21. The predicted octanol–water partition coefficient (Wildman–Crippen LogP) is 3.81. The Balaban J connectivity index is 1.43. The van der Waals surface area contributed by atoms with Crippen molar-refractivity contribution in [1.29, 1.82) is 0 Å². The molecule has 0 aliphatic carbocycles. The number of aryl methyl sites for hydroxylation is 1. The summed E-state index contributed by atoms with van der Waals surface area (Å²) in [5.74, 6) is 1.02. The Hall–Kier alpha value is -2.56. The fourth-order valence-electron chi connectivity index (χ4n) is 3.36. The van der Waals surface area contributed by atoms with E-state index < -0.39 is 0 Å². The largest absolute Gasteiger partial charge is 0.357 e. The van der Waals surface area contributed by atoms with Crippen molar-refractivity contribution in [3.05, 3.63) is 59.3 Å². The molecule has 1 aromatic carbocycles. The highest BCUT2D eigenvalue weighted by atomic mass is 16.2. The van der Waals surface area contributed by atoms with Gasteiger partial charge in [0.25, 0.3) is 0 Å². The van der Waals surface area contributed by atoms with Crippen LogP contribution in [0.4, 0.5) is 10.6 Å². The number of rotatable bonds is 6. The van der Waals surface area contributed by atoms with E-state index in [9.17, 15) is 4.79 Å². The minimum atomic E-state index is -0.129. The molecule has 0 spiro atoms. The van der Waals surface area contributed by atoms with Gasteiger partial charge in [0.05, 0.1) is 0 Å². The van der Waals surface area contributed by atoms with Crippen LogP contribution in [0.2, 0.25) is 0 Å². The van der Waals surface area contributed by atoms with Crippen LogP contribution in [0.5, 0.6) is 0 Å². The van der Waals surface area contributed by atoms with Crippen LogP contribution in [0.3, 0.4) is 0 Å². The van der Waals surface area contributed by atoms with E-state index in [2.05, 4.69) is 57.8 Å². The van der Waals surface area contributed by atoms with E-state index >= 15 is 0 Å². The van der Waals surface area contributed by atoms with E-state index in [-0.39, 0.29) is 6.03 Å². The SMILES string of the molecule is Cc1ccc(CCNC(=O)NCc2ccnc(N3CCCCCC3)c2)cc1. The second kappa shape index (κ2) is 9.95. The lowest BCUT2D eigenvalue weighted by Crippen LogP contribution is -2.36. The first-order valence-corrected chi connectivity index (χ1v) is 9.98. The summed E-state index contributed by atoms with van der Waals surface area (Å²) in [6.45, 7) is 5.36. The van der Waals surface area contributed by atoms with Crippen LogP contribution >= 0.6 is 0 Å². The average Bonchev–Trinajstić information content (AvgIpc) is 2.98. The molecule has 0 unspecified atom stereocenters. The van der Waals surface area contributed by atoms with Gasteiger partial charge in [-0.3, -0.25) is 0 Å². The zero-order valence-corrected chi connectivity index (χ0v) is 16.2. The van der Waals surface area contributed by atoms with Crippen molar-refractivity contribution in [1.82, 2.24) is 15.6 Å². The molecule has 1 aliphatic rings. The summed E-state index contributed by atoms with van der Waals surface area (Å²) >= 11 is 0. The molecule has 2 aromatic rings. The van der Waals surface area contributed by atoms with Gasteiger partial charge in [0.2, 0.25) is 0 Å². The summed E-state index contributed by atoms with van der Waals surface area (Å²) in [6.07, 6.45) is 7.75. The number of amides is 2.